The first kappa shape index (κ1) is 14.5. The molecular weight excluding hydrogens is 258 g/mol. The van der Waals surface area contributed by atoms with Crippen LogP contribution >= 0.6 is 0 Å². The number of piperidine rings is 1. The molecule has 1 aromatic heterocycles. The van der Waals surface area contributed by atoms with E-state index in [0.29, 0.717) is 5.92 Å². The van der Waals surface area contributed by atoms with Gasteiger partial charge in [0.25, 0.3) is 0 Å². The highest BCUT2D eigenvalue weighted by Gasteiger charge is 2.21. The second kappa shape index (κ2) is 5.38. The molecule has 0 unspecified atom stereocenters. The summed E-state index contributed by atoms with van der Waals surface area (Å²) < 4.78 is 0. The molecule has 0 spiro atoms. The molecule has 2 heterocycles. The van der Waals surface area contributed by atoms with Gasteiger partial charge in [-0.05, 0) is 77.4 Å². The maximum Gasteiger partial charge on any atom is 0.0477 e. The van der Waals surface area contributed by atoms with Crippen molar-refractivity contribution in [3.8, 4) is 0 Å². The number of hydrogen-bond donors (Lipinski definition) is 2. The van der Waals surface area contributed by atoms with Gasteiger partial charge >= 0.3 is 0 Å². The number of H-pyrrole nitrogens is 1. The van der Waals surface area contributed by atoms with E-state index >= 15 is 0 Å². The summed E-state index contributed by atoms with van der Waals surface area (Å²) in [5.74, 6) is 0.705. The molecule has 114 valence electrons. The molecule has 2 N–H and O–H groups in total. The SMILES string of the molecule is CN1CCC(c2c[nH]c3cc(NC(C)(C)C)ccc23)CC1. The van der Waals surface area contributed by atoms with Crippen LogP contribution in [-0.2, 0) is 0 Å². The summed E-state index contributed by atoms with van der Waals surface area (Å²) in [6.45, 7) is 8.99. The number of aromatic nitrogens is 1. The largest absolute Gasteiger partial charge is 0.380 e. The second-order valence-corrected chi connectivity index (χ2v) is 7.46. The van der Waals surface area contributed by atoms with Crippen LogP contribution in [0.2, 0.25) is 0 Å². The van der Waals surface area contributed by atoms with Crippen LogP contribution in [0, 0.1) is 0 Å². The van der Waals surface area contributed by atoms with Crippen molar-refractivity contribution in [2.45, 2.75) is 45.1 Å². The highest BCUT2D eigenvalue weighted by atomic mass is 15.1. The molecule has 0 amide bonds. The number of fused-ring (bicyclic) bond motifs is 1. The lowest BCUT2D eigenvalue weighted by Gasteiger charge is -2.28. The molecule has 1 aromatic carbocycles. The van der Waals surface area contributed by atoms with Gasteiger partial charge in [-0.1, -0.05) is 6.07 Å². The second-order valence-electron chi connectivity index (χ2n) is 7.46. The summed E-state index contributed by atoms with van der Waals surface area (Å²) in [5, 5.41) is 4.93. The Hall–Kier alpha value is -1.48. The number of hydrogen-bond acceptors (Lipinski definition) is 2. The predicted molar refractivity (Wildman–Crippen MR) is 91.1 cm³/mol. The summed E-state index contributed by atoms with van der Waals surface area (Å²) in [6, 6.07) is 6.71. The molecule has 3 heteroatoms. The van der Waals surface area contributed by atoms with Gasteiger partial charge in [0.05, 0.1) is 0 Å². The number of anilines is 1. The minimum atomic E-state index is 0.0943. The van der Waals surface area contributed by atoms with Crippen LogP contribution < -0.4 is 5.32 Å². The van der Waals surface area contributed by atoms with Crippen molar-refractivity contribution in [1.82, 2.24) is 9.88 Å². The fraction of sp³-hybridized carbons (Fsp3) is 0.556. The number of nitrogens with zero attached hydrogens (tertiary/aromatic N) is 1. The summed E-state index contributed by atoms with van der Waals surface area (Å²) in [6.07, 6.45) is 4.76. The normalized spacial score (nSPS) is 18.3. The van der Waals surface area contributed by atoms with E-state index in [1.807, 2.05) is 0 Å². The Kier molecular flexibility index (Phi) is 3.70. The Morgan fingerprint density at radius 3 is 2.57 bits per heavy atom. The molecule has 2 aromatic rings. The molecule has 0 aliphatic carbocycles. The number of likely N-dealkylation sites (tertiary alicyclic amines) is 1. The van der Waals surface area contributed by atoms with Crippen molar-refractivity contribution in [1.29, 1.82) is 0 Å². The summed E-state index contributed by atoms with van der Waals surface area (Å²) in [4.78, 5) is 5.90. The highest BCUT2D eigenvalue weighted by Crippen LogP contribution is 2.34. The molecule has 0 bridgehead atoms. The number of nitrogens with one attached hydrogen (secondary N) is 2. The van der Waals surface area contributed by atoms with Gasteiger partial charge in [-0.2, -0.15) is 0 Å². The van der Waals surface area contributed by atoms with Crippen molar-refractivity contribution in [2.24, 2.45) is 0 Å². The van der Waals surface area contributed by atoms with E-state index in [1.54, 1.807) is 0 Å². The Labute approximate surface area is 127 Å². The van der Waals surface area contributed by atoms with E-state index in [0.717, 1.165) is 0 Å². The zero-order chi connectivity index (χ0) is 15.0. The van der Waals surface area contributed by atoms with Gasteiger partial charge in [0.2, 0.25) is 0 Å². The number of aromatic amines is 1. The fourth-order valence-corrected chi connectivity index (χ4v) is 3.32. The molecule has 0 radical (unpaired) electrons. The molecular formula is C18H27N3. The van der Waals surface area contributed by atoms with Gasteiger partial charge in [-0.25, -0.2) is 0 Å². The van der Waals surface area contributed by atoms with Crippen molar-refractivity contribution < 1.29 is 0 Å². The minimum Gasteiger partial charge on any atom is -0.380 e. The quantitative estimate of drug-likeness (QED) is 0.867. The molecule has 1 aliphatic heterocycles. The van der Waals surface area contributed by atoms with Crippen molar-refractivity contribution in [3.63, 3.8) is 0 Å². The molecule has 1 fully saturated rings. The Morgan fingerprint density at radius 1 is 1.19 bits per heavy atom. The van der Waals surface area contributed by atoms with Gasteiger partial charge < -0.3 is 15.2 Å². The summed E-state index contributed by atoms with van der Waals surface area (Å²) >= 11 is 0. The number of benzene rings is 1. The summed E-state index contributed by atoms with van der Waals surface area (Å²) in [5.41, 5.74) is 4.03. The van der Waals surface area contributed by atoms with Crippen LogP contribution in [0.3, 0.4) is 0 Å². The third-order valence-electron chi connectivity index (χ3n) is 4.39. The molecule has 1 saturated heterocycles. The highest BCUT2D eigenvalue weighted by molar-refractivity contribution is 5.86. The molecule has 3 rings (SSSR count). The molecule has 0 saturated carbocycles. The van der Waals surface area contributed by atoms with Crippen molar-refractivity contribution >= 4 is 16.6 Å². The van der Waals surface area contributed by atoms with Gasteiger partial charge in [-0.15, -0.1) is 0 Å². The topological polar surface area (TPSA) is 31.1 Å². The zero-order valence-electron chi connectivity index (χ0n) is 13.7. The van der Waals surface area contributed by atoms with Gasteiger partial charge in [0, 0.05) is 28.3 Å². The van der Waals surface area contributed by atoms with Gasteiger partial charge in [-0.3, -0.25) is 0 Å². The van der Waals surface area contributed by atoms with E-state index in [9.17, 15) is 0 Å². The van der Waals surface area contributed by atoms with Crippen LogP contribution in [0.25, 0.3) is 10.9 Å². The smallest absolute Gasteiger partial charge is 0.0477 e. The molecule has 21 heavy (non-hydrogen) atoms. The predicted octanol–water partition coefficient (Wildman–Crippen LogP) is 4.19. The van der Waals surface area contributed by atoms with E-state index in [1.165, 1.54) is 48.1 Å². The summed E-state index contributed by atoms with van der Waals surface area (Å²) in [7, 11) is 2.22. The van der Waals surface area contributed by atoms with Crippen molar-refractivity contribution in [2.75, 3.05) is 25.5 Å². The third kappa shape index (κ3) is 3.24. The monoisotopic (exact) mass is 285 g/mol. The van der Waals surface area contributed by atoms with Crippen LogP contribution in [0.1, 0.15) is 45.1 Å². The Morgan fingerprint density at radius 2 is 1.90 bits per heavy atom. The lowest BCUT2D eigenvalue weighted by Crippen LogP contribution is -2.29. The van der Waals surface area contributed by atoms with Crippen LogP contribution in [0.15, 0.2) is 24.4 Å². The number of rotatable bonds is 2. The minimum absolute atomic E-state index is 0.0943. The van der Waals surface area contributed by atoms with Gasteiger partial charge in [0.1, 0.15) is 0 Å². The van der Waals surface area contributed by atoms with Gasteiger partial charge in [0.15, 0.2) is 0 Å². The van der Waals surface area contributed by atoms with Crippen LogP contribution in [0.5, 0.6) is 0 Å². The molecule has 0 atom stereocenters. The van der Waals surface area contributed by atoms with Crippen molar-refractivity contribution in [3.05, 3.63) is 30.0 Å². The molecule has 1 aliphatic rings. The Balaban J connectivity index is 1.86. The van der Waals surface area contributed by atoms with Crippen LogP contribution in [-0.4, -0.2) is 35.6 Å². The lowest BCUT2D eigenvalue weighted by atomic mass is 9.89. The average molecular weight is 285 g/mol. The third-order valence-corrected chi connectivity index (χ3v) is 4.39. The zero-order valence-corrected chi connectivity index (χ0v) is 13.7. The average Bonchev–Trinajstić information content (AvgIpc) is 2.81. The lowest BCUT2D eigenvalue weighted by molar-refractivity contribution is 0.256. The standard InChI is InChI=1S/C18H27N3/c1-18(2,3)20-14-5-6-15-16(12-19-17(15)11-14)13-7-9-21(4)10-8-13/h5-6,11-13,19-20H,7-10H2,1-4H3. The fourth-order valence-electron chi connectivity index (χ4n) is 3.32. The van der Waals surface area contributed by atoms with E-state index in [2.05, 4.69) is 67.4 Å². The molecule has 3 nitrogen and oxygen atoms in total. The first-order valence-electron chi connectivity index (χ1n) is 8.00. The first-order valence-corrected chi connectivity index (χ1v) is 8.00. The van der Waals surface area contributed by atoms with E-state index < -0.39 is 0 Å². The van der Waals surface area contributed by atoms with E-state index in [-0.39, 0.29) is 5.54 Å². The Bertz CT molecular complexity index is 613. The van der Waals surface area contributed by atoms with Crippen LogP contribution in [0.4, 0.5) is 5.69 Å². The maximum atomic E-state index is 3.54. The first-order chi connectivity index (χ1) is 9.92. The maximum absolute atomic E-state index is 3.54. The van der Waals surface area contributed by atoms with E-state index in [4.69, 9.17) is 0 Å².